The van der Waals surface area contributed by atoms with Crippen LogP contribution in [-0.4, -0.2) is 17.6 Å². The van der Waals surface area contributed by atoms with Crippen LogP contribution in [0.3, 0.4) is 0 Å². The predicted molar refractivity (Wildman–Crippen MR) is 74.4 cm³/mol. The van der Waals surface area contributed by atoms with Crippen molar-refractivity contribution in [3.63, 3.8) is 0 Å². The normalized spacial score (nSPS) is 14.1. The monoisotopic (exact) mass is 279 g/mol. The highest BCUT2D eigenvalue weighted by Gasteiger charge is 2.28. The summed E-state index contributed by atoms with van der Waals surface area (Å²) in [5.74, 6) is 1.25. The highest BCUT2D eigenvalue weighted by molar-refractivity contribution is 7.12. The molecule has 2 aromatic heterocycles. The molecule has 102 valence electrons. The molecule has 0 aliphatic carbocycles. The molecular weight excluding hydrogens is 262 g/mol. The molecule has 0 radical (unpaired) electrons. The van der Waals surface area contributed by atoms with Gasteiger partial charge in [0.15, 0.2) is 0 Å². The van der Waals surface area contributed by atoms with E-state index in [9.17, 15) is 9.90 Å². The number of carbonyl (C=O) groups excluding carboxylic acids is 1. The van der Waals surface area contributed by atoms with Crippen LogP contribution in [0.5, 0.6) is 0 Å². The van der Waals surface area contributed by atoms with E-state index < -0.39 is 5.60 Å². The summed E-state index contributed by atoms with van der Waals surface area (Å²) in [4.78, 5) is 12.5. The molecule has 2 rings (SSSR count). The minimum absolute atomic E-state index is 0.142. The molecule has 2 aromatic rings. The molecule has 0 spiro atoms. The Labute approximate surface area is 116 Å². The molecule has 0 aliphatic rings. The third-order valence-corrected chi connectivity index (χ3v) is 3.83. The maximum Gasteiger partial charge on any atom is 0.261 e. The number of aryl methyl sites for hydroxylation is 2. The summed E-state index contributed by atoms with van der Waals surface area (Å²) >= 11 is 1.37. The van der Waals surface area contributed by atoms with Crippen LogP contribution in [0.15, 0.2) is 28.0 Å². The lowest BCUT2D eigenvalue weighted by Crippen LogP contribution is -2.38. The van der Waals surface area contributed by atoms with E-state index in [-0.39, 0.29) is 12.5 Å². The molecule has 2 N–H and O–H groups in total. The van der Waals surface area contributed by atoms with Crippen molar-refractivity contribution in [1.29, 1.82) is 0 Å². The molecule has 0 aliphatic heterocycles. The van der Waals surface area contributed by atoms with Gasteiger partial charge in [0.25, 0.3) is 5.91 Å². The first-order valence-electron chi connectivity index (χ1n) is 6.02. The van der Waals surface area contributed by atoms with Crippen molar-refractivity contribution in [2.45, 2.75) is 26.4 Å². The molecule has 5 heteroatoms. The lowest BCUT2D eigenvalue weighted by Gasteiger charge is -2.23. The van der Waals surface area contributed by atoms with Gasteiger partial charge >= 0.3 is 0 Å². The Morgan fingerprint density at radius 1 is 1.53 bits per heavy atom. The Kier molecular flexibility index (Phi) is 3.78. The largest absolute Gasteiger partial charge is 0.466 e. The summed E-state index contributed by atoms with van der Waals surface area (Å²) in [6.45, 7) is 5.44. The molecule has 2 heterocycles. The van der Waals surface area contributed by atoms with Crippen LogP contribution in [0.2, 0.25) is 0 Å². The van der Waals surface area contributed by atoms with E-state index in [4.69, 9.17) is 4.42 Å². The van der Waals surface area contributed by atoms with Gasteiger partial charge in [0, 0.05) is 5.56 Å². The number of carbonyl (C=O) groups is 1. The van der Waals surface area contributed by atoms with Crippen molar-refractivity contribution in [3.05, 3.63) is 45.5 Å². The van der Waals surface area contributed by atoms with Crippen LogP contribution < -0.4 is 5.32 Å². The van der Waals surface area contributed by atoms with E-state index in [0.717, 1.165) is 5.76 Å². The molecule has 0 fully saturated rings. The van der Waals surface area contributed by atoms with Crippen molar-refractivity contribution in [3.8, 4) is 0 Å². The molecule has 0 bridgehead atoms. The van der Waals surface area contributed by atoms with Crippen molar-refractivity contribution in [2.75, 3.05) is 6.54 Å². The highest BCUT2D eigenvalue weighted by Crippen LogP contribution is 2.26. The first-order valence-corrected chi connectivity index (χ1v) is 6.90. The number of thiophene rings is 1. The Bertz CT molecular complexity index is 570. The second-order valence-electron chi connectivity index (χ2n) is 4.76. The topological polar surface area (TPSA) is 62.5 Å². The smallest absolute Gasteiger partial charge is 0.261 e. The molecule has 4 nitrogen and oxygen atoms in total. The van der Waals surface area contributed by atoms with E-state index in [2.05, 4.69) is 5.32 Å². The van der Waals surface area contributed by atoms with Gasteiger partial charge in [0.1, 0.15) is 17.1 Å². The number of furan rings is 1. The molecule has 1 unspecified atom stereocenters. The van der Waals surface area contributed by atoms with Crippen LogP contribution in [0, 0.1) is 13.8 Å². The van der Waals surface area contributed by atoms with Crippen LogP contribution in [0.4, 0.5) is 0 Å². The van der Waals surface area contributed by atoms with Gasteiger partial charge in [-0.05, 0) is 38.3 Å². The first kappa shape index (κ1) is 13.8. The molecule has 1 amide bonds. The van der Waals surface area contributed by atoms with E-state index in [0.29, 0.717) is 16.2 Å². The van der Waals surface area contributed by atoms with Gasteiger partial charge in [-0.15, -0.1) is 11.3 Å². The third kappa shape index (κ3) is 3.05. The van der Waals surface area contributed by atoms with Crippen molar-refractivity contribution in [1.82, 2.24) is 5.32 Å². The quantitative estimate of drug-likeness (QED) is 0.904. The molecular formula is C14H17NO3S. The van der Waals surface area contributed by atoms with E-state index >= 15 is 0 Å². The lowest BCUT2D eigenvalue weighted by molar-refractivity contribution is 0.0515. The summed E-state index contributed by atoms with van der Waals surface area (Å²) in [5, 5.41) is 15.0. The number of hydrogen-bond donors (Lipinski definition) is 2. The van der Waals surface area contributed by atoms with Gasteiger partial charge in [-0.2, -0.15) is 0 Å². The lowest BCUT2D eigenvalue weighted by atomic mass is 9.96. The minimum atomic E-state index is -1.14. The predicted octanol–water partition coefficient (Wildman–Crippen LogP) is 2.60. The van der Waals surface area contributed by atoms with Crippen molar-refractivity contribution in [2.24, 2.45) is 0 Å². The fourth-order valence-electron chi connectivity index (χ4n) is 2.01. The van der Waals surface area contributed by atoms with Gasteiger partial charge in [0.05, 0.1) is 11.4 Å². The standard InChI is InChI=1S/C14H17NO3S/c1-9-7-11(10(2)18-9)14(3,17)8-15-13(16)12-5-4-6-19-12/h4-7,17H,8H2,1-3H3,(H,15,16). The SMILES string of the molecule is Cc1cc(C(C)(O)CNC(=O)c2cccs2)c(C)o1. The number of rotatable bonds is 4. The molecule has 0 saturated heterocycles. The maximum absolute atomic E-state index is 11.8. The molecule has 0 saturated carbocycles. The van der Waals surface area contributed by atoms with Crippen molar-refractivity contribution < 1.29 is 14.3 Å². The summed E-state index contributed by atoms with van der Waals surface area (Å²) in [6.07, 6.45) is 0. The summed E-state index contributed by atoms with van der Waals surface area (Å²) < 4.78 is 5.41. The number of hydrogen-bond acceptors (Lipinski definition) is 4. The number of amides is 1. The van der Waals surface area contributed by atoms with E-state index in [1.54, 1.807) is 26.0 Å². The Morgan fingerprint density at radius 2 is 2.26 bits per heavy atom. The Balaban J connectivity index is 2.06. The van der Waals surface area contributed by atoms with Gasteiger partial charge < -0.3 is 14.8 Å². The van der Waals surface area contributed by atoms with Crippen LogP contribution in [0.1, 0.15) is 33.7 Å². The second-order valence-corrected chi connectivity index (χ2v) is 5.71. The van der Waals surface area contributed by atoms with Crippen LogP contribution >= 0.6 is 11.3 Å². The number of aliphatic hydroxyl groups is 1. The average Bonchev–Trinajstić information content (AvgIpc) is 2.96. The van der Waals surface area contributed by atoms with Gasteiger partial charge in [-0.1, -0.05) is 6.07 Å². The fourth-order valence-corrected chi connectivity index (χ4v) is 2.65. The van der Waals surface area contributed by atoms with Gasteiger partial charge in [-0.3, -0.25) is 4.79 Å². The van der Waals surface area contributed by atoms with Gasteiger partial charge in [-0.25, -0.2) is 0 Å². The Hall–Kier alpha value is -1.59. The molecule has 19 heavy (non-hydrogen) atoms. The zero-order valence-corrected chi connectivity index (χ0v) is 12.0. The van der Waals surface area contributed by atoms with E-state index in [1.807, 2.05) is 18.4 Å². The third-order valence-electron chi connectivity index (χ3n) is 2.96. The summed E-state index contributed by atoms with van der Waals surface area (Å²) in [7, 11) is 0. The van der Waals surface area contributed by atoms with E-state index in [1.165, 1.54) is 11.3 Å². The average molecular weight is 279 g/mol. The molecule has 0 aromatic carbocycles. The van der Waals surface area contributed by atoms with Crippen molar-refractivity contribution >= 4 is 17.2 Å². The minimum Gasteiger partial charge on any atom is -0.466 e. The zero-order valence-electron chi connectivity index (χ0n) is 11.2. The van der Waals surface area contributed by atoms with Crippen LogP contribution in [-0.2, 0) is 5.60 Å². The summed E-state index contributed by atoms with van der Waals surface area (Å²) in [6, 6.07) is 5.37. The highest BCUT2D eigenvalue weighted by atomic mass is 32.1. The number of nitrogens with one attached hydrogen (secondary N) is 1. The van der Waals surface area contributed by atoms with Gasteiger partial charge in [0.2, 0.25) is 0 Å². The zero-order chi connectivity index (χ0) is 14.0. The Morgan fingerprint density at radius 3 is 2.79 bits per heavy atom. The first-order chi connectivity index (χ1) is 8.90. The second kappa shape index (κ2) is 5.19. The summed E-state index contributed by atoms with van der Waals surface area (Å²) in [5.41, 5.74) is -0.439. The maximum atomic E-state index is 11.8. The van der Waals surface area contributed by atoms with Crippen LogP contribution in [0.25, 0.3) is 0 Å². The molecule has 1 atom stereocenters. The fraction of sp³-hybridized carbons (Fsp3) is 0.357.